The van der Waals surface area contributed by atoms with Gasteiger partial charge in [0.05, 0.1) is 28.0 Å². The number of amides is 1. The summed E-state index contributed by atoms with van der Waals surface area (Å²) in [6.45, 7) is 6.17. The second kappa shape index (κ2) is 10.5. The Morgan fingerprint density at radius 2 is 1.89 bits per heavy atom. The highest BCUT2D eigenvalue weighted by Crippen LogP contribution is 2.46. The third-order valence-electron chi connectivity index (χ3n) is 6.59. The molecule has 0 bridgehead atoms. The Balaban J connectivity index is 1.40. The van der Waals surface area contributed by atoms with Crippen LogP contribution in [0.5, 0.6) is 5.75 Å². The fourth-order valence-corrected chi connectivity index (χ4v) is 8.12. The monoisotopic (exact) mass is 555 g/mol. The van der Waals surface area contributed by atoms with Crippen LogP contribution in [0.1, 0.15) is 30.7 Å². The number of thiophene rings is 1. The van der Waals surface area contributed by atoms with Gasteiger partial charge in [0.25, 0.3) is 0 Å². The van der Waals surface area contributed by atoms with Gasteiger partial charge in [-0.25, -0.2) is 13.4 Å². The van der Waals surface area contributed by atoms with Gasteiger partial charge in [0, 0.05) is 36.0 Å². The molecule has 0 atom stereocenters. The van der Waals surface area contributed by atoms with Crippen LogP contribution in [0, 0.1) is 0 Å². The lowest BCUT2D eigenvalue weighted by atomic mass is 10.0. The molecule has 0 aliphatic carbocycles. The predicted octanol–water partition coefficient (Wildman–Crippen LogP) is 5.60. The second-order valence-corrected chi connectivity index (χ2v) is 13.5. The number of methoxy groups -OCH3 is 1. The first kappa shape index (κ1) is 25.8. The van der Waals surface area contributed by atoms with E-state index in [9.17, 15) is 13.2 Å². The average molecular weight is 556 g/mol. The van der Waals surface area contributed by atoms with Crippen molar-refractivity contribution < 1.29 is 17.9 Å². The number of carbonyl (C=O) groups excluding carboxylic acids is 1. The molecule has 0 spiro atoms. The zero-order valence-electron chi connectivity index (χ0n) is 21.0. The molecule has 194 valence electrons. The number of hydrogen-bond acceptors (Lipinski definition) is 8. The number of ether oxygens (including phenoxy) is 1. The van der Waals surface area contributed by atoms with Crippen molar-refractivity contribution in [1.29, 1.82) is 0 Å². The van der Waals surface area contributed by atoms with Crippen molar-refractivity contribution in [1.82, 2.24) is 9.88 Å². The summed E-state index contributed by atoms with van der Waals surface area (Å²) in [5.74, 6) is -0.0102. The first-order valence-electron chi connectivity index (χ1n) is 12.2. The van der Waals surface area contributed by atoms with E-state index in [0.29, 0.717) is 11.8 Å². The fraction of sp³-hybridized carbons (Fsp3) is 0.333. The number of nitrogens with zero attached hydrogens (tertiary/aromatic N) is 2. The summed E-state index contributed by atoms with van der Waals surface area (Å²) in [5.41, 5.74) is 3.16. The standard InChI is InChI=1S/C27H29N3O4S3/c1-17(2)30-14-12-20-23(16-30)36-27(25(20)26-28-21-6-4-5-7-22(21)35-26)29-24(31)13-15-37(32,33)19-10-8-18(34-3)9-11-19/h4-11,17H,12-16H2,1-3H3,(H,29,31). The molecule has 0 fully saturated rings. The number of thiazole rings is 1. The van der Waals surface area contributed by atoms with E-state index in [4.69, 9.17) is 9.72 Å². The van der Waals surface area contributed by atoms with Crippen LogP contribution in [0.4, 0.5) is 5.00 Å². The number of hydrogen-bond donors (Lipinski definition) is 1. The maximum atomic E-state index is 13.0. The van der Waals surface area contributed by atoms with Crippen molar-refractivity contribution >= 4 is 53.6 Å². The third-order valence-corrected chi connectivity index (χ3v) is 10.5. The van der Waals surface area contributed by atoms with Crippen molar-refractivity contribution in [2.75, 3.05) is 24.7 Å². The summed E-state index contributed by atoms with van der Waals surface area (Å²) < 4.78 is 31.8. The number of sulfone groups is 1. The predicted molar refractivity (Wildman–Crippen MR) is 150 cm³/mol. The van der Waals surface area contributed by atoms with Gasteiger partial charge >= 0.3 is 0 Å². The molecule has 3 heterocycles. The Hall–Kier alpha value is -2.79. The van der Waals surface area contributed by atoms with E-state index in [2.05, 4.69) is 30.1 Å². The van der Waals surface area contributed by atoms with Crippen molar-refractivity contribution in [3.05, 3.63) is 59.0 Å². The van der Waals surface area contributed by atoms with Crippen LogP contribution in [0.25, 0.3) is 20.8 Å². The number of para-hydroxylation sites is 1. The average Bonchev–Trinajstić information content (AvgIpc) is 3.47. The number of aromatic nitrogens is 1. The lowest BCUT2D eigenvalue weighted by Crippen LogP contribution is -2.35. The molecule has 0 saturated heterocycles. The molecular formula is C27H29N3O4S3. The van der Waals surface area contributed by atoms with E-state index in [1.54, 1.807) is 34.8 Å². The second-order valence-electron chi connectivity index (χ2n) is 9.30. The number of anilines is 1. The van der Waals surface area contributed by atoms with Crippen LogP contribution in [0.15, 0.2) is 53.4 Å². The molecule has 1 aliphatic heterocycles. The molecule has 10 heteroatoms. The van der Waals surface area contributed by atoms with Gasteiger partial charge in [-0.15, -0.1) is 22.7 Å². The highest BCUT2D eigenvalue weighted by molar-refractivity contribution is 7.91. The highest BCUT2D eigenvalue weighted by atomic mass is 32.2. The minimum Gasteiger partial charge on any atom is -0.497 e. The van der Waals surface area contributed by atoms with Crippen LogP contribution in [-0.4, -0.2) is 49.7 Å². The molecule has 0 saturated carbocycles. The summed E-state index contributed by atoms with van der Waals surface area (Å²) in [5, 5.41) is 4.68. The van der Waals surface area contributed by atoms with Gasteiger partial charge in [0.15, 0.2) is 9.84 Å². The Bertz CT molecular complexity index is 1510. The van der Waals surface area contributed by atoms with E-state index in [1.165, 1.54) is 29.7 Å². The maximum absolute atomic E-state index is 13.0. The molecule has 1 aliphatic rings. The number of fused-ring (bicyclic) bond motifs is 2. The van der Waals surface area contributed by atoms with Crippen LogP contribution < -0.4 is 10.1 Å². The molecule has 7 nitrogen and oxygen atoms in total. The van der Waals surface area contributed by atoms with E-state index in [-0.39, 0.29) is 23.0 Å². The van der Waals surface area contributed by atoms with Crippen molar-refractivity contribution in [3.63, 3.8) is 0 Å². The van der Waals surface area contributed by atoms with Gasteiger partial charge in [-0.05, 0) is 62.2 Å². The molecule has 2 aromatic carbocycles. The van der Waals surface area contributed by atoms with Gasteiger partial charge in [0.1, 0.15) is 15.8 Å². The van der Waals surface area contributed by atoms with Gasteiger partial charge < -0.3 is 10.1 Å². The summed E-state index contributed by atoms with van der Waals surface area (Å²) in [7, 11) is -2.07. The van der Waals surface area contributed by atoms with Gasteiger partial charge in [-0.3, -0.25) is 9.69 Å². The summed E-state index contributed by atoms with van der Waals surface area (Å²) in [6.07, 6.45) is 0.755. The minimum atomic E-state index is -3.60. The van der Waals surface area contributed by atoms with E-state index in [1.807, 2.05) is 18.2 Å². The molecular weight excluding hydrogens is 527 g/mol. The number of carbonyl (C=O) groups is 1. The molecule has 4 aromatic rings. The molecule has 0 radical (unpaired) electrons. The number of nitrogens with one attached hydrogen (secondary N) is 1. The quantitative estimate of drug-likeness (QED) is 0.304. The maximum Gasteiger partial charge on any atom is 0.226 e. The van der Waals surface area contributed by atoms with E-state index in [0.717, 1.165) is 45.3 Å². The normalized spacial score (nSPS) is 14.2. The topological polar surface area (TPSA) is 88.6 Å². The van der Waals surface area contributed by atoms with Gasteiger partial charge in [0.2, 0.25) is 5.91 Å². The lowest BCUT2D eigenvalue weighted by Gasteiger charge is -2.30. The summed E-state index contributed by atoms with van der Waals surface area (Å²) >= 11 is 3.20. The van der Waals surface area contributed by atoms with Crippen LogP contribution in [-0.2, 0) is 27.6 Å². The Morgan fingerprint density at radius 1 is 1.14 bits per heavy atom. The SMILES string of the molecule is COc1ccc(S(=O)(=O)CCC(=O)Nc2sc3c(c2-c2nc4ccccc4s2)CCN(C(C)C)C3)cc1. The van der Waals surface area contributed by atoms with Crippen molar-refractivity contribution in [3.8, 4) is 16.3 Å². The van der Waals surface area contributed by atoms with Crippen LogP contribution >= 0.6 is 22.7 Å². The number of rotatable bonds is 8. The summed E-state index contributed by atoms with van der Waals surface area (Å²) in [6, 6.07) is 14.7. The molecule has 0 unspecified atom stereocenters. The Morgan fingerprint density at radius 3 is 2.59 bits per heavy atom. The Labute approximate surface area is 225 Å². The third kappa shape index (κ3) is 5.43. The van der Waals surface area contributed by atoms with Gasteiger partial charge in [-0.2, -0.15) is 0 Å². The number of benzene rings is 2. The molecule has 2 aromatic heterocycles. The van der Waals surface area contributed by atoms with E-state index >= 15 is 0 Å². The van der Waals surface area contributed by atoms with Crippen molar-refractivity contribution in [2.45, 2.75) is 44.2 Å². The van der Waals surface area contributed by atoms with Crippen LogP contribution in [0.3, 0.4) is 0 Å². The van der Waals surface area contributed by atoms with Gasteiger partial charge in [-0.1, -0.05) is 12.1 Å². The summed E-state index contributed by atoms with van der Waals surface area (Å²) in [4.78, 5) is 21.7. The lowest BCUT2D eigenvalue weighted by molar-refractivity contribution is -0.115. The zero-order valence-corrected chi connectivity index (χ0v) is 23.4. The molecule has 1 N–H and O–H groups in total. The van der Waals surface area contributed by atoms with E-state index < -0.39 is 9.84 Å². The van der Waals surface area contributed by atoms with Crippen LogP contribution in [0.2, 0.25) is 0 Å². The largest absolute Gasteiger partial charge is 0.497 e. The Kier molecular flexibility index (Phi) is 7.35. The zero-order chi connectivity index (χ0) is 26.2. The highest BCUT2D eigenvalue weighted by Gasteiger charge is 2.29. The first-order chi connectivity index (χ1) is 17.7. The molecule has 37 heavy (non-hydrogen) atoms. The fourth-order valence-electron chi connectivity index (χ4n) is 4.47. The minimum absolute atomic E-state index is 0.131. The molecule has 1 amide bonds. The van der Waals surface area contributed by atoms with Crippen molar-refractivity contribution in [2.24, 2.45) is 0 Å². The first-order valence-corrected chi connectivity index (χ1v) is 15.4. The molecule has 5 rings (SSSR count). The smallest absolute Gasteiger partial charge is 0.226 e.